The van der Waals surface area contributed by atoms with Gasteiger partial charge in [0.15, 0.2) is 0 Å². The topological polar surface area (TPSA) is 92.2 Å². The molecule has 7 heteroatoms. The standard InChI is InChI=1S/C12H11N3O3S/c16-11(17)5-8-3-1-2-4-9(8)6-13-12(18)10-7-14-15-19-10/h1-4,7H,5-6H2,(H,13,18)(H,16,17). The molecule has 98 valence electrons. The summed E-state index contributed by atoms with van der Waals surface area (Å²) < 4.78 is 3.61. The second-order valence-corrected chi connectivity index (χ2v) is 4.59. The van der Waals surface area contributed by atoms with E-state index in [2.05, 4.69) is 14.9 Å². The number of rotatable bonds is 5. The van der Waals surface area contributed by atoms with Crippen molar-refractivity contribution in [3.63, 3.8) is 0 Å². The highest BCUT2D eigenvalue weighted by molar-refractivity contribution is 7.07. The van der Waals surface area contributed by atoms with Gasteiger partial charge in [-0.15, -0.1) is 5.10 Å². The number of nitrogens with one attached hydrogen (secondary N) is 1. The maximum absolute atomic E-state index is 11.7. The molecule has 0 aliphatic heterocycles. The van der Waals surface area contributed by atoms with Gasteiger partial charge in [-0.25, -0.2) is 0 Å². The fourth-order valence-corrected chi connectivity index (χ4v) is 2.03. The van der Waals surface area contributed by atoms with E-state index < -0.39 is 5.97 Å². The number of hydrogen-bond acceptors (Lipinski definition) is 5. The molecule has 1 aromatic heterocycles. The number of aromatic nitrogens is 2. The molecule has 0 saturated carbocycles. The van der Waals surface area contributed by atoms with Crippen molar-refractivity contribution in [3.05, 3.63) is 46.5 Å². The zero-order valence-electron chi connectivity index (χ0n) is 9.87. The quantitative estimate of drug-likeness (QED) is 0.853. The summed E-state index contributed by atoms with van der Waals surface area (Å²) >= 11 is 1.01. The summed E-state index contributed by atoms with van der Waals surface area (Å²) in [6, 6.07) is 7.12. The summed E-state index contributed by atoms with van der Waals surface area (Å²) in [5.74, 6) is -1.16. The van der Waals surface area contributed by atoms with Crippen LogP contribution in [-0.4, -0.2) is 26.6 Å². The Bertz CT molecular complexity index is 584. The number of carbonyl (C=O) groups is 2. The predicted molar refractivity (Wildman–Crippen MR) is 68.9 cm³/mol. The van der Waals surface area contributed by atoms with Crippen LogP contribution in [0.15, 0.2) is 30.5 Å². The van der Waals surface area contributed by atoms with E-state index in [1.165, 1.54) is 6.20 Å². The molecular weight excluding hydrogens is 266 g/mol. The van der Waals surface area contributed by atoms with Crippen molar-refractivity contribution >= 4 is 23.4 Å². The molecule has 6 nitrogen and oxygen atoms in total. The number of carbonyl (C=O) groups excluding carboxylic acids is 1. The Balaban J connectivity index is 2.03. The fourth-order valence-electron chi connectivity index (χ4n) is 1.60. The van der Waals surface area contributed by atoms with Gasteiger partial charge in [0.05, 0.1) is 12.6 Å². The third-order valence-electron chi connectivity index (χ3n) is 2.48. The Labute approximate surface area is 113 Å². The van der Waals surface area contributed by atoms with E-state index in [-0.39, 0.29) is 18.9 Å². The van der Waals surface area contributed by atoms with E-state index in [4.69, 9.17) is 5.11 Å². The molecule has 2 rings (SSSR count). The van der Waals surface area contributed by atoms with E-state index in [0.717, 1.165) is 17.1 Å². The minimum absolute atomic E-state index is 0.0614. The highest BCUT2D eigenvalue weighted by atomic mass is 32.1. The van der Waals surface area contributed by atoms with Gasteiger partial charge in [0.1, 0.15) is 4.88 Å². The number of nitrogens with zero attached hydrogens (tertiary/aromatic N) is 2. The van der Waals surface area contributed by atoms with Gasteiger partial charge in [-0.05, 0) is 22.7 Å². The molecular formula is C12H11N3O3S. The molecule has 0 fully saturated rings. The number of amides is 1. The van der Waals surface area contributed by atoms with Gasteiger partial charge in [0, 0.05) is 6.54 Å². The first-order valence-corrected chi connectivity index (χ1v) is 6.28. The van der Waals surface area contributed by atoms with Crippen LogP contribution >= 0.6 is 11.5 Å². The lowest BCUT2D eigenvalue weighted by Gasteiger charge is -2.08. The molecule has 0 aliphatic carbocycles. The van der Waals surface area contributed by atoms with E-state index >= 15 is 0 Å². The van der Waals surface area contributed by atoms with Gasteiger partial charge < -0.3 is 10.4 Å². The second kappa shape index (κ2) is 6.05. The maximum atomic E-state index is 11.7. The van der Waals surface area contributed by atoms with Crippen molar-refractivity contribution in [1.82, 2.24) is 14.9 Å². The highest BCUT2D eigenvalue weighted by Gasteiger charge is 2.10. The smallest absolute Gasteiger partial charge is 0.307 e. The molecule has 19 heavy (non-hydrogen) atoms. The summed E-state index contributed by atoms with van der Waals surface area (Å²) in [5.41, 5.74) is 1.48. The van der Waals surface area contributed by atoms with Gasteiger partial charge in [-0.2, -0.15) is 0 Å². The zero-order chi connectivity index (χ0) is 13.7. The molecule has 0 saturated heterocycles. The first kappa shape index (κ1) is 13.2. The molecule has 1 heterocycles. The lowest BCUT2D eigenvalue weighted by atomic mass is 10.0. The molecule has 0 aliphatic rings. The van der Waals surface area contributed by atoms with Crippen LogP contribution in [0.4, 0.5) is 0 Å². The Hall–Kier alpha value is -2.28. The van der Waals surface area contributed by atoms with Crippen molar-refractivity contribution in [2.24, 2.45) is 0 Å². The molecule has 0 spiro atoms. The summed E-state index contributed by atoms with van der Waals surface area (Å²) in [6.45, 7) is 0.278. The van der Waals surface area contributed by atoms with E-state index in [1.807, 2.05) is 0 Å². The largest absolute Gasteiger partial charge is 0.481 e. The minimum atomic E-state index is -0.898. The fraction of sp³-hybridized carbons (Fsp3) is 0.167. The first-order chi connectivity index (χ1) is 9.16. The average molecular weight is 277 g/mol. The maximum Gasteiger partial charge on any atom is 0.307 e. The van der Waals surface area contributed by atoms with E-state index in [9.17, 15) is 9.59 Å². The Morgan fingerprint density at radius 3 is 2.63 bits per heavy atom. The number of carboxylic acids is 1. The van der Waals surface area contributed by atoms with Crippen LogP contribution in [0.1, 0.15) is 20.8 Å². The lowest BCUT2D eigenvalue weighted by Crippen LogP contribution is -2.22. The Morgan fingerprint density at radius 1 is 1.26 bits per heavy atom. The zero-order valence-corrected chi connectivity index (χ0v) is 10.7. The molecule has 2 aromatic rings. The van der Waals surface area contributed by atoms with Crippen molar-refractivity contribution in [3.8, 4) is 0 Å². The molecule has 1 aromatic carbocycles. The van der Waals surface area contributed by atoms with Crippen molar-refractivity contribution < 1.29 is 14.7 Å². The molecule has 0 bridgehead atoms. The van der Waals surface area contributed by atoms with Gasteiger partial charge in [0.25, 0.3) is 5.91 Å². The van der Waals surface area contributed by atoms with E-state index in [0.29, 0.717) is 10.4 Å². The van der Waals surface area contributed by atoms with Crippen LogP contribution in [0, 0.1) is 0 Å². The normalized spacial score (nSPS) is 10.1. The van der Waals surface area contributed by atoms with Gasteiger partial charge in [-0.3, -0.25) is 9.59 Å². The van der Waals surface area contributed by atoms with Crippen LogP contribution in [0.2, 0.25) is 0 Å². The summed E-state index contributed by atoms with van der Waals surface area (Å²) in [5, 5.41) is 15.1. The third kappa shape index (κ3) is 3.59. The highest BCUT2D eigenvalue weighted by Crippen LogP contribution is 2.10. The van der Waals surface area contributed by atoms with Crippen LogP contribution in [-0.2, 0) is 17.8 Å². The van der Waals surface area contributed by atoms with Gasteiger partial charge in [-0.1, -0.05) is 28.8 Å². The van der Waals surface area contributed by atoms with Crippen LogP contribution in [0.25, 0.3) is 0 Å². The third-order valence-corrected chi connectivity index (χ3v) is 3.15. The Morgan fingerprint density at radius 2 is 2.00 bits per heavy atom. The number of benzene rings is 1. The lowest BCUT2D eigenvalue weighted by molar-refractivity contribution is -0.136. The van der Waals surface area contributed by atoms with E-state index in [1.54, 1.807) is 24.3 Å². The molecule has 0 atom stereocenters. The van der Waals surface area contributed by atoms with Gasteiger partial charge in [0.2, 0.25) is 0 Å². The SMILES string of the molecule is O=C(O)Cc1ccccc1CNC(=O)c1cnns1. The van der Waals surface area contributed by atoms with Gasteiger partial charge >= 0.3 is 5.97 Å². The Kier molecular flexibility index (Phi) is 4.19. The van der Waals surface area contributed by atoms with Crippen LogP contribution in [0.3, 0.4) is 0 Å². The summed E-state index contributed by atoms with van der Waals surface area (Å²) in [4.78, 5) is 22.9. The molecule has 2 N–H and O–H groups in total. The number of aliphatic carboxylic acids is 1. The molecule has 0 radical (unpaired) electrons. The second-order valence-electron chi connectivity index (χ2n) is 3.80. The summed E-state index contributed by atoms with van der Waals surface area (Å²) in [6.07, 6.45) is 1.33. The number of hydrogen-bond donors (Lipinski definition) is 2. The van der Waals surface area contributed by atoms with Crippen LogP contribution in [0.5, 0.6) is 0 Å². The predicted octanol–water partition coefficient (Wildman–Crippen LogP) is 1.10. The van der Waals surface area contributed by atoms with Crippen molar-refractivity contribution in [1.29, 1.82) is 0 Å². The summed E-state index contributed by atoms with van der Waals surface area (Å²) in [7, 11) is 0. The number of carboxylic acid groups (broad SMARTS) is 1. The molecule has 1 amide bonds. The average Bonchev–Trinajstić information content (AvgIpc) is 2.90. The minimum Gasteiger partial charge on any atom is -0.481 e. The monoisotopic (exact) mass is 277 g/mol. The molecule has 0 unspecified atom stereocenters. The van der Waals surface area contributed by atoms with Crippen molar-refractivity contribution in [2.75, 3.05) is 0 Å². The first-order valence-electron chi connectivity index (χ1n) is 5.51. The van der Waals surface area contributed by atoms with Crippen molar-refractivity contribution in [2.45, 2.75) is 13.0 Å². The van der Waals surface area contributed by atoms with Crippen LogP contribution < -0.4 is 5.32 Å².